The highest BCUT2D eigenvalue weighted by Crippen LogP contribution is 2.40. The monoisotopic (exact) mass is 310 g/mol. The van der Waals surface area contributed by atoms with Gasteiger partial charge in [-0.2, -0.15) is 4.31 Å². The van der Waals surface area contributed by atoms with Crippen molar-refractivity contribution in [1.29, 1.82) is 0 Å². The maximum atomic E-state index is 12.8. The first-order valence-electron chi connectivity index (χ1n) is 6.82. The van der Waals surface area contributed by atoms with Gasteiger partial charge in [0.2, 0.25) is 10.0 Å². The molecule has 3 rings (SSSR count). The normalized spacial score (nSPS) is 26.1. The molecule has 0 amide bonds. The maximum Gasteiger partial charge on any atom is 0.243 e. The molecule has 20 heavy (non-hydrogen) atoms. The molecule has 2 aliphatic rings. The van der Waals surface area contributed by atoms with Gasteiger partial charge in [0.15, 0.2) is 0 Å². The van der Waals surface area contributed by atoms with E-state index in [2.05, 4.69) is 0 Å². The van der Waals surface area contributed by atoms with Crippen LogP contribution >= 0.6 is 12.2 Å². The summed E-state index contributed by atoms with van der Waals surface area (Å²) in [5, 5.41) is 0. The molecular formula is C14H18N2O2S2. The van der Waals surface area contributed by atoms with Crippen LogP contribution in [0.5, 0.6) is 0 Å². The van der Waals surface area contributed by atoms with E-state index in [0.717, 1.165) is 19.3 Å². The van der Waals surface area contributed by atoms with Crippen molar-refractivity contribution in [2.24, 2.45) is 11.7 Å². The Morgan fingerprint density at radius 1 is 1.40 bits per heavy atom. The molecule has 1 aliphatic carbocycles. The van der Waals surface area contributed by atoms with Crippen molar-refractivity contribution in [1.82, 2.24) is 4.31 Å². The lowest BCUT2D eigenvalue weighted by molar-refractivity contribution is 0.333. The zero-order valence-electron chi connectivity index (χ0n) is 11.4. The Morgan fingerprint density at radius 3 is 2.65 bits per heavy atom. The Labute approximate surface area is 125 Å². The van der Waals surface area contributed by atoms with Gasteiger partial charge in [0.1, 0.15) is 4.99 Å². The van der Waals surface area contributed by atoms with Gasteiger partial charge in [-0.05, 0) is 49.8 Å². The zero-order valence-corrected chi connectivity index (χ0v) is 13.0. The summed E-state index contributed by atoms with van der Waals surface area (Å²) >= 11 is 4.93. The van der Waals surface area contributed by atoms with Gasteiger partial charge in [0.25, 0.3) is 0 Å². The van der Waals surface area contributed by atoms with E-state index in [1.165, 1.54) is 0 Å². The molecule has 2 fully saturated rings. The second kappa shape index (κ2) is 4.79. The third-order valence-electron chi connectivity index (χ3n) is 4.41. The smallest absolute Gasteiger partial charge is 0.243 e. The fourth-order valence-corrected chi connectivity index (χ4v) is 5.47. The second-order valence-corrected chi connectivity index (χ2v) is 8.05. The SMILES string of the molecule is Cc1cc(C(N)=S)ccc1S(=O)(=O)N1CC2CCC1C2. The Morgan fingerprint density at radius 2 is 2.15 bits per heavy atom. The molecule has 2 N–H and O–H groups in total. The van der Waals surface area contributed by atoms with Crippen LogP contribution in [-0.4, -0.2) is 30.3 Å². The molecule has 108 valence electrons. The quantitative estimate of drug-likeness (QED) is 0.865. The summed E-state index contributed by atoms with van der Waals surface area (Å²) in [4.78, 5) is 0.669. The topological polar surface area (TPSA) is 63.4 Å². The minimum atomic E-state index is -3.39. The van der Waals surface area contributed by atoms with E-state index in [1.807, 2.05) is 0 Å². The lowest BCUT2D eigenvalue weighted by Crippen LogP contribution is -2.37. The maximum absolute atomic E-state index is 12.8. The number of sulfonamides is 1. The average Bonchev–Trinajstić information content (AvgIpc) is 3.00. The molecule has 2 atom stereocenters. The van der Waals surface area contributed by atoms with Gasteiger partial charge in [0.05, 0.1) is 4.90 Å². The van der Waals surface area contributed by atoms with Gasteiger partial charge in [0, 0.05) is 18.2 Å². The lowest BCUT2D eigenvalue weighted by atomic mass is 10.1. The first kappa shape index (κ1) is 14.0. The highest BCUT2D eigenvalue weighted by atomic mass is 32.2. The molecule has 1 heterocycles. The summed E-state index contributed by atoms with van der Waals surface area (Å²) in [6, 6.07) is 5.27. The van der Waals surface area contributed by atoms with Gasteiger partial charge in [-0.1, -0.05) is 18.3 Å². The number of hydrogen-bond donors (Lipinski definition) is 1. The van der Waals surface area contributed by atoms with E-state index in [4.69, 9.17) is 18.0 Å². The number of nitrogens with zero attached hydrogens (tertiary/aromatic N) is 1. The van der Waals surface area contributed by atoms with Crippen LogP contribution in [0.15, 0.2) is 23.1 Å². The van der Waals surface area contributed by atoms with Crippen molar-refractivity contribution in [3.63, 3.8) is 0 Å². The van der Waals surface area contributed by atoms with Crippen LogP contribution in [0.1, 0.15) is 30.4 Å². The first-order chi connectivity index (χ1) is 9.39. The molecule has 1 saturated heterocycles. The number of fused-ring (bicyclic) bond motifs is 2. The predicted molar refractivity (Wildman–Crippen MR) is 82.1 cm³/mol. The molecule has 0 spiro atoms. The molecule has 0 radical (unpaired) electrons. The number of rotatable bonds is 3. The molecule has 2 bridgehead atoms. The predicted octanol–water partition coefficient (Wildman–Crippen LogP) is 1.80. The zero-order chi connectivity index (χ0) is 14.5. The third-order valence-corrected chi connectivity index (χ3v) is 6.72. The van der Waals surface area contributed by atoms with Gasteiger partial charge in [-0.25, -0.2) is 8.42 Å². The molecular weight excluding hydrogens is 292 g/mol. The van der Waals surface area contributed by atoms with Crippen LogP contribution < -0.4 is 5.73 Å². The molecule has 6 heteroatoms. The number of benzene rings is 1. The van der Waals surface area contributed by atoms with Crippen LogP contribution in [0.2, 0.25) is 0 Å². The second-order valence-electron chi connectivity index (χ2n) is 5.75. The summed E-state index contributed by atoms with van der Waals surface area (Å²) in [5.74, 6) is 0.547. The van der Waals surface area contributed by atoms with Crippen LogP contribution in [-0.2, 0) is 10.0 Å². The van der Waals surface area contributed by atoms with Gasteiger partial charge in [-0.3, -0.25) is 0 Å². The molecule has 4 nitrogen and oxygen atoms in total. The largest absolute Gasteiger partial charge is 0.389 e. The van der Waals surface area contributed by atoms with E-state index >= 15 is 0 Å². The third kappa shape index (κ3) is 2.16. The first-order valence-corrected chi connectivity index (χ1v) is 8.66. The highest BCUT2D eigenvalue weighted by Gasteiger charge is 2.44. The van der Waals surface area contributed by atoms with E-state index < -0.39 is 10.0 Å². The van der Waals surface area contributed by atoms with Crippen molar-refractivity contribution in [2.75, 3.05) is 6.54 Å². The lowest BCUT2D eigenvalue weighted by Gasteiger charge is -2.26. The van der Waals surface area contributed by atoms with E-state index in [1.54, 1.807) is 29.4 Å². The van der Waals surface area contributed by atoms with E-state index in [-0.39, 0.29) is 11.0 Å². The Balaban J connectivity index is 1.98. The molecule has 0 aromatic heterocycles. The molecule has 1 aliphatic heterocycles. The minimum Gasteiger partial charge on any atom is -0.389 e. The van der Waals surface area contributed by atoms with Gasteiger partial charge >= 0.3 is 0 Å². The average molecular weight is 310 g/mol. The fourth-order valence-electron chi connectivity index (χ4n) is 3.39. The van der Waals surface area contributed by atoms with E-state index in [0.29, 0.717) is 28.5 Å². The van der Waals surface area contributed by atoms with Crippen LogP contribution in [0.25, 0.3) is 0 Å². The fraction of sp³-hybridized carbons (Fsp3) is 0.500. The van der Waals surface area contributed by atoms with Gasteiger partial charge in [-0.15, -0.1) is 0 Å². The standard InChI is InChI=1S/C14H18N2O2S2/c1-9-6-11(14(15)19)3-5-13(9)20(17,18)16-8-10-2-4-12(16)7-10/h3,5-6,10,12H,2,4,7-8H2,1H3,(H2,15,19). The number of thiocarbonyl (C=S) groups is 1. The van der Waals surface area contributed by atoms with Crippen molar-refractivity contribution >= 4 is 27.2 Å². The number of aryl methyl sites for hydroxylation is 1. The van der Waals surface area contributed by atoms with Crippen molar-refractivity contribution in [3.05, 3.63) is 29.3 Å². The Hall–Kier alpha value is -0.980. The summed E-state index contributed by atoms with van der Waals surface area (Å²) in [7, 11) is -3.39. The summed E-state index contributed by atoms with van der Waals surface area (Å²) < 4.78 is 27.3. The number of nitrogens with two attached hydrogens (primary N) is 1. The highest BCUT2D eigenvalue weighted by molar-refractivity contribution is 7.89. The van der Waals surface area contributed by atoms with Crippen molar-refractivity contribution in [2.45, 2.75) is 37.1 Å². The van der Waals surface area contributed by atoms with E-state index in [9.17, 15) is 8.42 Å². The van der Waals surface area contributed by atoms with Gasteiger partial charge < -0.3 is 5.73 Å². The number of hydrogen-bond acceptors (Lipinski definition) is 3. The summed E-state index contributed by atoms with van der Waals surface area (Å²) in [6.07, 6.45) is 3.17. The van der Waals surface area contributed by atoms with Crippen molar-refractivity contribution in [3.8, 4) is 0 Å². The van der Waals surface area contributed by atoms with Crippen molar-refractivity contribution < 1.29 is 8.42 Å². The van der Waals surface area contributed by atoms with Crippen LogP contribution in [0, 0.1) is 12.8 Å². The minimum absolute atomic E-state index is 0.194. The molecule has 1 saturated carbocycles. The number of piperidine rings is 1. The Bertz CT molecular complexity index is 670. The molecule has 2 unspecified atom stereocenters. The molecule has 1 aromatic rings. The summed E-state index contributed by atoms with van der Waals surface area (Å²) in [5.41, 5.74) is 7.00. The molecule has 1 aromatic carbocycles. The van der Waals surface area contributed by atoms with Crippen LogP contribution in [0.4, 0.5) is 0 Å². The Kier molecular flexibility index (Phi) is 3.35. The van der Waals surface area contributed by atoms with Crippen LogP contribution in [0.3, 0.4) is 0 Å². The summed E-state index contributed by atoms with van der Waals surface area (Å²) in [6.45, 7) is 2.46.